The summed E-state index contributed by atoms with van der Waals surface area (Å²) in [6, 6.07) is 4.89. The van der Waals surface area contributed by atoms with Gasteiger partial charge in [0.15, 0.2) is 10.7 Å². The Morgan fingerprint density at radius 2 is 2.26 bits per heavy atom. The lowest BCUT2D eigenvalue weighted by Gasteiger charge is -2.21. The van der Waals surface area contributed by atoms with E-state index in [0.717, 1.165) is 0 Å². The maximum Gasteiger partial charge on any atom is 0.417 e. The number of carbonyl (C=O) groups is 1. The Bertz CT molecular complexity index is 691. The Balaban J connectivity index is 2.35. The lowest BCUT2D eigenvalue weighted by atomic mass is 10.2. The fourth-order valence-corrected chi connectivity index (χ4v) is 1.87. The maximum atomic E-state index is 11.1. The van der Waals surface area contributed by atoms with E-state index in [-0.39, 0.29) is 18.1 Å². The summed E-state index contributed by atoms with van der Waals surface area (Å²) in [5.41, 5.74) is 7.05. The van der Waals surface area contributed by atoms with E-state index in [0.29, 0.717) is 16.8 Å². The van der Waals surface area contributed by atoms with Crippen LogP contribution in [0.1, 0.15) is 6.42 Å². The van der Waals surface area contributed by atoms with Crippen LogP contribution in [0.3, 0.4) is 0 Å². The molecule has 0 fully saturated rings. The monoisotopic (exact) mass is 281 g/mol. The highest BCUT2D eigenvalue weighted by Crippen LogP contribution is 2.20. The number of H-pyrrole nitrogens is 1. The summed E-state index contributed by atoms with van der Waals surface area (Å²) >= 11 is 4.89. The van der Waals surface area contributed by atoms with Crippen LogP contribution in [-0.4, -0.2) is 27.7 Å². The number of thiocarbonyl (C=S) groups is 1. The minimum atomic E-state index is -0.949. The highest BCUT2D eigenvalue weighted by molar-refractivity contribution is 7.80. The van der Waals surface area contributed by atoms with Gasteiger partial charge in [-0.3, -0.25) is 9.78 Å². The standard InChI is InChI=1S/C11H11N3O4S/c12-10(19)14(4-3-9(15)16)6-1-2-7-8(5-6)18-11(17)13-7/h1-2,5H,3-4H2,(H2,12,19)(H,13,17)(H,15,16). The van der Waals surface area contributed by atoms with Crippen LogP contribution in [0.25, 0.3) is 11.1 Å². The molecular formula is C11H11N3O4S. The first-order chi connectivity index (χ1) is 8.97. The number of oxazole rings is 1. The molecule has 7 nitrogen and oxygen atoms in total. The molecule has 0 atom stereocenters. The van der Waals surface area contributed by atoms with Crippen LogP contribution in [0.5, 0.6) is 0 Å². The van der Waals surface area contributed by atoms with Gasteiger partial charge in [-0.2, -0.15) is 0 Å². The molecule has 19 heavy (non-hydrogen) atoms. The minimum absolute atomic E-state index is 0.0542. The second-order valence-corrected chi connectivity index (χ2v) is 4.25. The summed E-state index contributed by atoms with van der Waals surface area (Å²) < 4.78 is 4.93. The second kappa shape index (κ2) is 5.11. The number of carboxylic acid groups (broad SMARTS) is 1. The molecule has 0 amide bonds. The molecule has 100 valence electrons. The summed E-state index contributed by atoms with van der Waals surface area (Å²) in [6.07, 6.45) is -0.105. The van der Waals surface area contributed by atoms with Crippen molar-refractivity contribution in [2.45, 2.75) is 6.42 Å². The number of hydrogen-bond acceptors (Lipinski definition) is 4. The van der Waals surface area contributed by atoms with Gasteiger partial charge < -0.3 is 20.2 Å². The van der Waals surface area contributed by atoms with Crippen LogP contribution in [0.15, 0.2) is 27.4 Å². The lowest BCUT2D eigenvalue weighted by Crippen LogP contribution is -2.37. The average Bonchev–Trinajstić information content (AvgIpc) is 2.67. The van der Waals surface area contributed by atoms with Crippen molar-refractivity contribution in [3.8, 4) is 0 Å². The van der Waals surface area contributed by atoms with Gasteiger partial charge in [0.2, 0.25) is 0 Å². The summed E-state index contributed by atoms with van der Waals surface area (Å²) in [6.45, 7) is 0.144. The number of nitrogens with two attached hydrogens (primary N) is 1. The van der Waals surface area contributed by atoms with E-state index in [1.54, 1.807) is 18.2 Å². The van der Waals surface area contributed by atoms with Crippen molar-refractivity contribution >= 4 is 40.1 Å². The number of rotatable bonds is 4. The Hall–Kier alpha value is -2.35. The highest BCUT2D eigenvalue weighted by Gasteiger charge is 2.13. The van der Waals surface area contributed by atoms with Crippen LogP contribution in [0.2, 0.25) is 0 Å². The zero-order valence-electron chi connectivity index (χ0n) is 9.75. The molecule has 4 N–H and O–H groups in total. The number of aromatic nitrogens is 1. The molecule has 2 rings (SSSR count). The quantitative estimate of drug-likeness (QED) is 0.705. The first-order valence-corrected chi connectivity index (χ1v) is 5.80. The number of carboxylic acids is 1. The number of aliphatic carboxylic acids is 1. The molecule has 1 aromatic carbocycles. The highest BCUT2D eigenvalue weighted by atomic mass is 32.1. The molecule has 0 unspecified atom stereocenters. The number of hydrogen-bond donors (Lipinski definition) is 3. The molecule has 0 saturated carbocycles. The first-order valence-electron chi connectivity index (χ1n) is 5.39. The van der Waals surface area contributed by atoms with E-state index >= 15 is 0 Å². The zero-order valence-corrected chi connectivity index (χ0v) is 10.6. The Kier molecular flexibility index (Phi) is 3.52. The molecule has 0 aliphatic carbocycles. The number of benzene rings is 1. The Morgan fingerprint density at radius 3 is 2.89 bits per heavy atom. The molecule has 2 aromatic rings. The fourth-order valence-electron chi connectivity index (χ4n) is 1.68. The van der Waals surface area contributed by atoms with Gasteiger partial charge in [0.1, 0.15) is 0 Å². The number of aromatic amines is 1. The van der Waals surface area contributed by atoms with Crippen molar-refractivity contribution in [3.63, 3.8) is 0 Å². The van der Waals surface area contributed by atoms with Gasteiger partial charge in [-0.1, -0.05) is 0 Å². The van der Waals surface area contributed by atoms with E-state index in [9.17, 15) is 9.59 Å². The molecule has 8 heteroatoms. The number of anilines is 1. The van der Waals surface area contributed by atoms with Gasteiger partial charge in [0.25, 0.3) is 0 Å². The number of nitrogens with zero attached hydrogens (tertiary/aromatic N) is 1. The predicted molar refractivity (Wildman–Crippen MR) is 73.2 cm³/mol. The van der Waals surface area contributed by atoms with Crippen molar-refractivity contribution in [1.29, 1.82) is 0 Å². The molecule has 0 aliphatic heterocycles. The van der Waals surface area contributed by atoms with Crippen LogP contribution < -0.4 is 16.4 Å². The molecular weight excluding hydrogens is 270 g/mol. The Morgan fingerprint density at radius 1 is 1.53 bits per heavy atom. The Labute approximate surface area is 112 Å². The van der Waals surface area contributed by atoms with Gasteiger partial charge in [0, 0.05) is 18.3 Å². The summed E-state index contributed by atoms with van der Waals surface area (Å²) in [5.74, 6) is -1.50. The van der Waals surface area contributed by atoms with Gasteiger partial charge >= 0.3 is 11.7 Å². The molecule has 0 aliphatic rings. The third kappa shape index (κ3) is 2.91. The van der Waals surface area contributed by atoms with Crippen LogP contribution in [-0.2, 0) is 4.79 Å². The fraction of sp³-hybridized carbons (Fsp3) is 0.182. The third-order valence-corrected chi connectivity index (χ3v) is 2.75. The van der Waals surface area contributed by atoms with Gasteiger partial charge in [-0.15, -0.1) is 0 Å². The SMILES string of the molecule is NC(=S)N(CCC(=O)O)c1ccc2[nH]c(=O)oc2c1. The number of nitrogens with one attached hydrogen (secondary N) is 1. The normalized spacial score (nSPS) is 10.5. The molecule has 0 spiro atoms. The smallest absolute Gasteiger partial charge is 0.417 e. The summed E-state index contributed by atoms with van der Waals surface area (Å²) in [7, 11) is 0. The van der Waals surface area contributed by atoms with E-state index in [1.165, 1.54) is 4.90 Å². The van der Waals surface area contributed by atoms with Crippen molar-refractivity contribution in [2.75, 3.05) is 11.4 Å². The lowest BCUT2D eigenvalue weighted by molar-refractivity contribution is -0.136. The third-order valence-electron chi connectivity index (χ3n) is 2.53. The van der Waals surface area contributed by atoms with Crippen LogP contribution >= 0.6 is 12.2 Å². The van der Waals surface area contributed by atoms with E-state index in [1.807, 2.05) is 0 Å². The molecule has 1 aromatic heterocycles. The van der Waals surface area contributed by atoms with E-state index in [4.69, 9.17) is 27.5 Å². The molecule has 1 heterocycles. The van der Waals surface area contributed by atoms with Gasteiger partial charge in [0.05, 0.1) is 11.9 Å². The average molecular weight is 281 g/mol. The first kappa shape index (κ1) is 13.1. The van der Waals surface area contributed by atoms with Gasteiger partial charge in [-0.05, 0) is 24.4 Å². The van der Waals surface area contributed by atoms with Crippen LogP contribution in [0.4, 0.5) is 5.69 Å². The second-order valence-electron chi connectivity index (χ2n) is 3.83. The molecule has 0 bridgehead atoms. The van der Waals surface area contributed by atoms with Crippen molar-refractivity contribution in [1.82, 2.24) is 4.98 Å². The minimum Gasteiger partial charge on any atom is -0.481 e. The zero-order chi connectivity index (χ0) is 14.0. The maximum absolute atomic E-state index is 11.1. The summed E-state index contributed by atoms with van der Waals surface area (Å²) in [5, 5.41) is 8.74. The van der Waals surface area contributed by atoms with Crippen molar-refractivity contribution in [3.05, 3.63) is 28.7 Å². The van der Waals surface area contributed by atoms with Crippen molar-refractivity contribution in [2.24, 2.45) is 5.73 Å². The topological polar surface area (TPSA) is 113 Å². The van der Waals surface area contributed by atoms with Crippen molar-refractivity contribution < 1.29 is 14.3 Å². The van der Waals surface area contributed by atoms with E-state index < -0.39 is 11.7 Å². The number of fused-ring (bicyclic) bond motifs is 1. The summed E-state index contributed by atoms with van der Waals surface area (Å²) in [4.78, 5) is 25.6. The largest absolute Gasteiger partial charge is 0.481 e. The van der Waals surface area contributed by atoms with Gasteiger partial charge in [-0.25, -0.2) is 4.79 Å². The molecule has 0 radical (unpaired) electrons. The predicted octanol–water partition coefficient (Wildman–Crippen LogP) is 0.646. The van der Waals surface area contributed by atoms with Crippen LogP contribution in [0, 0.1) is 0 Å². The molecule has 0 saturated heterocycles. The van der Waals surface area contributed by atoms with E-state index in [2.05, 4.69) is 4.98 Å².